The van der Waals surface area contributed by atoms with Gasteiger partial charge >= 0.3 is 5.97 Å². The third-order valence-corrected chi connectivity index (χ3v) is 4.64. The van der Waals surface area contributed by atoms with Gasteiger partial charge in [-0.15, -0.1) is 0 Å². The Kier molecular flexibility index (Phi) is 6.44. The summed E-state index contributed by atoms with van der Waals surface area (Å²) in [5, 5.41) is 0. The highest BCUT2D eigenvalue weighted by molar-refractivity contribution is 7.98. The highest BCUT2D eigenvalue weighted by Crippen LogP contribution is 2.36. The van der Waals surface area contributed by atoms with Crippen LogP contribution in [-0.4, -0.2) is 24.6 Å². The molecule has 1 fully saturated rings. The van der Waals surface area contributed by atoms with Crippen LogP contribution in [0.4, 0.5) is 0 Å². The molecule has 1 aliphatic rings. The van der Waals surface area contributed by atoms with E-state index in [1.807, 2.05) is 24.5 Å². The molecule has 20 heavy (non-hydrogen) atoms. The van der Waals surface area contributed by atoms with E-state index >= 15 is 0 Å². The van der Waals surface area contributed by atoms with Crippen molar-refractivity contribution in [3.8, 4) is 0 Å². The van der Waals surface area contributed by atoms with Gasteiger partial charge in [-0.2, -0.15) is 11.8 Å². The van der Waals surface area contributed by atoms with Gasteiger partial charge in [0.1, 0.15) is 6.61 Å². The molecule has 0 aliphatic heterocycles. The molecule has 0 radical (unpaired) electrons. The van der Waals surface area contributed by atoms with Crippen molar-refractivity contribution in [1.29, 1.82) is 0 Å². The molecule has 1 unspecified atom stereocenters. The summed E-state index contributed by atoms with van der Waals surface area (Å²) in [6.07, 6.45) is 8.12. The summed E-state index contributed by atoms with van der Waals surface area (Å²) in [6, 6.07) is 10.2. The number of esters is 1. The molecule has 1 aromatic rings. The molecule has 1 saturated carbocycles. The average molecular weight is 292 g/mol. The van der Waals surface area contributed by atoms with Crippen molar-refractivity contribution in [3.05, 3.63) is 35.9 Å². The van der Waals surface area contributed by atoms with Crippen molar-refractivity contribution < 1.29 is 9.53 Å². The first-order valence-corrected chi connectivity index (χ1v) is 8.93. The Balaban J connectivity index is 2.09. The third-order valence-electron chi connectivity index (χ3n) is 4.07. The molecule has 0 saturated heterocycles. The van der Waals surface area contributed by atoms with Crippen LogP contribution in [0.3, 0.4) is 0 Å². The van der Waals surface area contributed by atoms with Crippen LogP contribution in [0, 0.1) is 5.92 Å². The van der Waals surface area contributed by atoms with Gasteiger partial charge in [0.25, 0.3) is 0 Å². The molecular formula is C17H24O2S. The van der Waals surface area contributed by atoms with E-state index in [0.717, 1.165) is 24.2 Å². The van der Waals surface area contributed by atoms with Crippen molar-refractivity contribution in [2.75, 3.05) is 18.6 Å². The smallest absolute Gasteiger partial charge is 0.313 e. The highest BCUT2D eigenvalue weighted by atomic mass is 32.2. The van der Waals surface area contributed by atoms with Crippen molar-refractivity contribution in [3.63, 3.8) is 0 Å². The summed E-state index contributed by atoms with van der Waals surface area (Å²) in [6.45, 7) is 0.524. The fourth-order valence-electron chi connectivity index (χ4n) is 3.04. The van der Waals surface area contributed by atoms with E-state index < -0.39 is 0 Å². The van der Waals surface area contributed by atoms with Gasteiger partial charge in [-0.1, -0.05) is 49.6 Å². The Hall–Kier alpha value is -0.960. The first-order valence-electron chi connectivity index (χ1n) is 7.53. The lowest BCUT2D eigenvalue weighted by atomic mass is 9.77. The Morgan fingerprint density at radius 3 is 2.60 bits per heavy atom. The van der Waals surface area contributed by atoms with Crippen molar-refractivity contribution in [1.82, 2.24) is 0 Å². The molecule has 0 N–H and O–H groups in total. The van der Waals surface area contributed by atoms with Gasteiger partial charge in [0, 0.05) is 5.75 Å². The predicted molar refractivity (Wildman–Crippen MR) is 85.1 cm³/mol. The quantitative estimate of drug-likeness (QED) is 0.579. The van der Waals surface area contributed by atoms with Crippen LogP contribution < -0.4 is 0 Å². The van der Waals surface area contributed by atoms with Crippen LogP contribution in [0.5, 0.6) is 0 Å². The van der Waals surface area contributed by atoms with Gasteiger partial charge in [0.05, 0.1) is 5.92 Å². The van der Waals surface area contributed by atoms with E-state index in [1.54, 1.807) is 11.8 Å². The molecule has 3 heteroatoms. The molecular weight excluding hydrogens is 268 g/mol. The van der Waals surface area contributed by atoms with Crippen LogP contribution in [-0.2, 0) is 9.53 Å². The van der Waals surface area contributed by atoms with Gasteiger partial charge in [-0.3, -0.25) is 4.79 Å². The van der Waals surface area contributed by atoms with Gasteiger partial charge < -0.3 is 4.74 Å². The number of carbonyl (C=O) groups is 1. The number of thioether (sulfide) groups is 1. The van der Waals surface area contributed by atoms with Crippen molar-refractivity contribution in [2.24, 2.45) is 5.92 Å². The second-order valence-electron chi connectivity index (χ2n) is 5.45. The second kappa shape index (κ2) is 8.35. The molecule has 0 amide bonds. The number of hydrogen-bond donors (Lipinski definition) is 0. The van der Waals surface area contributed by atoms with Crippen LogP contribution in [0.2, 0.25) is 0 Å². The molecule has 0 spiro atoms. The molecule has 110 valence electrons. The Morgan fingerprint density at radius 1 is 1.25 bits per heavy atom. The zero-order valence-corrected chi connectivity index (χ0v) is 13.0. The maximum atomic E-state index is 12.5. The minimum Gasteiger partial charge on any atom is -0.464 e. The zero-order valence-electron chi connectivity index (χ0n) is 12.2. The molecule has 1 aliphatic carbocycles. The largest absolute Gasteiger partial charge is 0.464 e. The average Bonchev–Trinajstić information content (AvgIpc) is 2.50. The van der Waals surface area contributed by atoms with Crippen LogP contribution in [0.1, 0.15) is 43.6 Å². The fourth-order valence-corrected chi connectivity index (χ4v) is 3.29. The van der Waals surface area contributed by atoms with E-state index in [0.29, 0.717) is 12.5 Å². The SMILES string of the molecule is CSCCOC(=O)C(c1ccccc1)C1CCCCC1. The first-order chi connectivity index (χ1) is 9.83. The molecule has 2 nitrogen and oxygen atoms in total. The summed E-state index contributed by atoms with van der Waals surface area (Å²) in [5.74, 6) is 1.22. The summed E-state index contributed by atoms with van der Waals surface area (Å²) in [4.78, 5) is 12.5. The van der Waals surface area contributed by atoms with Crippen molar-refractivity contribution >= 4 is 17.7 Å². The predicted octanol–water partition coefficient (Wildman–Crippen LogP) is 4.26. The molecule has 0 bridgehead atoms. The lowest BCUT2D eigenvalue weighted by molar-refractivity contribution is -0.146. The van der Waals surface area contributed by atoms with E-state index in [-0.39, 0.29) is 11.9 Å². The highest BCUT2D eigenvalue weighted by Gasteiger charge is 2.31. The summed E-state index contributed by atoms with van der Waals surface area (Å²) < 4.78 is 5.49. The molecule has 1 atom stereocenters. The molecule has 2 rings (SSSR count). The minimum absolute atomic E-state index is 0.0304. The Labute approximate surface area is 126 Å². The lowest BCUT2D eigenvalue weighted by Crippen LogP contribution is -2.26. The third kappa shape index (κ3) is 4.27. The number of benzene rings is 1. The second-order valence-corrected chi connectivity index (χ2v) is 6.43. The van der Waals surface area contributed by atoms with E-state index in [1.165, 1.54) is 19.3 Å². The van der Waals surface area contributed by atoms with Gasteiger partial charge in [-0.05, 0) is 30.6 Å². The van der Waals surface area contributed by atoms with Crippen LogP contribution in [0.15, 0.2) is 30.3 Å². The summed E-state index contributed by atoms with van der Waals surface area (Å²) in [5.41, 5.74) is 1.12. The van der Waals surface area contributed by atoms with Gasteiger partial charge in [-0.25, -0.2) is 0 Å². The van der Waals surface area contributed by atoms with Crippen LogP contribution in [0.25, 0.3) is 0 Å². The molecule has 1 aromatic carbocycles. The minimum atomic E-state index is -0.0710. The number of ether oxygens (including phenoxy) is 1. The molecule has 0 heterocycles. The first kappa shape index (κ1) is 15.4. The summed E-state index contributed by atoms with van der Waals surface area (Å²) >= 11 is 1.71. The van der Waals surface area contributed by atoms with E-state index in [2.05, 4.69) is 12.1 Å². The molecule has 0 aromatic heterocycles. The van der Waals surface area contributed by atoms with E-state index in [9.17, 15) is 4.79 Å². The lowest BCUT2D eigenvalue weighted by Gasteiger charge is -2.29. The maximum Gasteiger partial charge on any atom is 0.313 e. The van der Waals surface area contributed by atoms with Crippen molar-refractivity contribution in [2.45, 2.75) is 38.0 Å². The Morgan fingerprint density at radius 2 is 1.95 bits per heavy atom. The number of hydrogen-bond acceptors (Lipinski definition) is 3. The zero-order chi connectivity index (χ0) is 14.2. The standard InChI is InChI=1S/C17H24O2S/c1-20-13-12-19-17(18)16(14-8-4-2-5-9-14)15-10-6-3-7-11-15/h2,4-5,8-9,15-16H,3,6-7,10-13H2,1H3. The van der Waals surface area contributed by atoms with Gasteiger partial charge in [0.15, 0.2) is 0 Å². The monoisotopic (exact) mass is 292 g/mol. The fraction of sp³-hybridized carbons (Fsp3) is 0.588. The Bertz CT molecular complexity index is 399. The maximum absolute atomic E-state index is 12.5. The summed E-state index contributed by atoms with van der Waals surface area (Å²) in [7, 11) is 0. The number of carbonyl (C=O) groups excluding carboxylic acids is 1. The normalized spacial score (nSPS) is 17.6. The van der Waals surface area contributed by atoms with Crippen LogP contribution >= 0.6 is 11.8 Å². The number of rotatable bonds is 6. The topological polar surface area (TPSA) is 26.3 Å². The van der Waals surface area contributed by atoms with E-state index in [4.69, 9.17) is 4.74 Å². The van der Waals surface area contributed by atoms with Gasteiger partial charge in [0.2, 0.25) is 0 Å².